The number of nitrogens with zero attached hydrogens (tertiary/aromatic N) is 2. The minimum absolute atomic E-state index is 0.000468. The highest BCUT2D eigenvalue weighted by atomic mass is 16.3. The van der Waals surface area contributed by atoms with Crippen LogP contribution in [-0.2, 0) is 13.0 Å². The summed E-state index contributed by atoms with van der Waals surface area (Å²) in [6.07, 6.45) is 4.37. The van der Waals surface area contributed by atoms with Crippen molar-refractivity contribution < 1.29 is 14.3 Å². The number of oxazole rings is 1. The number of carbonyl (C=O) groups is 1. The number of hydrogen-bond acceptors (Lipinski definition) is 4. The average Bonchev–Trinajstić information content (AvgIpc) is 3.02. The number of nitrogens with one attached hydrogen (secondary N) is 1. The van der Waals surface area contributed by atoms with E-state index in [2.05, 4.69) is 22.4 Å². The van der Waals surface area contributed by atoms with Gasteiger partial charge in [-0.2, -0.15) is 0 Å². The van der Waals surface area contributed by atoms with Crippen LogP contribution in [-0.4, -0.2) is 34.2 Å². The summed E-state index contributed by atoms with van der Waals surface area (Å²) >= 11 is 0. The van der Waals surface area contributed by atoms with E-state index in [0.29, 0.717) is 18.8 Å². The number of rotatable bonds is 5. The fraction of sp³-hybridized carbons (Fsp3) is 0.444. The van der Waals surface area contributed by atoms with E-state index in [0.717, 1.165) is 25.0 Å². The number of benzene rings is 1. The van der Waals surface area contributed by atoms with E-state index >= 15 is 0 Å². The molecule has 0 aliphatic heterocycles. The van der Waals surface area contributed by atoms with E-state index in [-0.39, 0.29) is 18.7 Å². The number of aryl methyl sites for hydroxylation is 2. The number of carbonyl (C=O) groups excluding carboxylic acids is 1. The van der Waals surface area contributed by atoms with Gasteiger partial charge in [-0.1, -0.05) is 24.3 Å². The Hall–Kier alpha value is -2.34. The van der Waals surface area contributed by atoms with Crippen molar-refractivity contribution in [1.29, 1.82) is 0 Å². The molecule has 6 heteroatoms. The Morgan fingerprint density at radius 2 is 2.29 bits per heavy atom. The van der Waals surface area contributed by atoms with E-state index in [9.17, 15) is 9.90 Å². The maximum Gasteiger partial charge on any atom is 0.318 e. The summed E-state index contributed by atoms with van der Waals surface area (Å²) in [7, 11) is 0. The molecule has 2 N–H and O–H groups in total. The number of fused-ring (bicyclic) bond motifs is 1. The summed E-state index contributed by atoms with van der Waals surface area (Å²) in [4.78, 5) is 18.5. The Balaban J connectivity index is 1.75. The molecule has 1 unspecified atom stereocenters. The largest absolute Gasteiger partial charge is 0.448 e. The monoisotopic (exact) mass is 329 g/mol. The van der Waals surface area contributed by atoms with E-state index in [1.807, 2.05) is 19.1 Å². The number of urea groups is 1. The number of hydrogen-bond donors (Lipinski definition) is 2. The SMILES string of the molecule is Cc1ocnc1CNC(=O)N(CCO)C1CCCc2ccccc21. The molecule has 0 bridgehead atoms. The van der Waals surface area contributed by atoms with Crippen molar-refractivity contribution in [3.05, 3.63) is 53.2 Å². The summed E-state index contributed by atoms with van der Waals surface area (Å²) in [5.41, 5.74) is 3.19. The van der Waals surface area contributed by atoms with Gasteiger partial charge in [-0.15, -0.1) is 0 Å². The van der Waals surface area contributed by atoms with Gasteiger partial charge in [0, 0.05) is 6.54 Å². The third-order valence-electron chi connectivity index (χ3n) is 4.57. The molecule has 0 saturated heterocycles. The number of aliphatic hydroxyl groups excluding tert-OH is 1. The fourth-order valence-electron chi connectivity index (χ4n) is 3.32. The summed E-state index contributed by atoms with van der Waals surface area (Å²) in [6.45, 7) is 2.38. The van der Waals surface area contributed by atoms with Gasteiger partial charge in [0.15, 0.2) is 6.39 Å². The number of aliphatic hydroxyl groups is 1. The molecule has 0 fully saturated rings. The predicted molar refractivity (Wildman–Crippen MR) is 89.4 cm³/mol. The van der Waals surface area contributed by atoms with Crippen molar-refractivity contribution in [2.75, 3.05) is 13.2 Å². The van der Waals surface area contributed by atoms with Crippen LogP contribution < -0.4 is 5.32 Å². The quantitative estimate of drug-likeness (QED) is 0.884. The first-order valence-electron chi connectivity index (χ1n) is 8.32. The standard InChI is InChI=1S/C18H23N3O3/c1-13-16(20-12-24-13)11-19-18(23)21(9-10-22)17-8-4-6-14-5-2-3-7-15(14)17/h2-3,5,7,12,17,22H,4,6,8-11H2,1H3,(H,19,23). The molecule has 1 aliphatic rings. The van der Waals surface area contributed by atoms with E-state index in [1.54, 1.807) is 4.90 Å². The van der Waals surface area contributed by atoms with Gasteiger partial charge in [0.25, 0.3) is 0 Å². The van der Waals surface area contributed by atoms with Crippen molar-refractivity contribution in [2.24, 2.45) is 0 Å². The lowest BCUT2D eigenvalue weighted by Crippen LogP contribution is -2.44. The van der Waals surface area contributed by atoms with Gasteiger partial charge in [0.1, 0.15) is 11.5 Å². The summed E-state index contributed by atoms with van der Waals surface area (Å²) < 4.78 is 5.15. The molecule has 1 atom stereocenters. The molecule has 128 valence electrons. The minimum Gasteiger partial charge on any atom is -0.448 e. The molecule has 0 saturated carbocycles. The van der Waals surface area contributed by atoms with Gasteiger partial charge >= 0.3 is 6.03 Å². The predicted octanol–water partition coefficient (Wildman–Crippen LogP) is 2.56. The first kappa shape index (κ1) is 16.5. The second kappa shape index (κ2) is 7.49. The maximum absolute atomic E-state index is 12.7. The Morgan fingerprint density at radius 1 is 1.46 bits per heavy atom. The lowest BCUT2D eigenvalue weighted by atomic mass is 9.87. The molecule has 0 spiro atoms. The van der Waals surface area contributed by atoms with Crippen LogP contribution in [0.25, 0.3) is 0 Å². The first-order valence-corrected chi connectivity index (χ1v) is 8.32. The van der Waals surface area contributed by atoms with Gasteiger partial charge in [-0.3, -0.25) is 0 Å². The highest BCUT2D eigenvalue weighted by Crippen LogP contribution is 2.34. The highest BCUT2D eigenvalue weighted by Gasteiger charge is 2.28. The smallest absolute Gasteiger partial charge is 0.318 e. The highest BCUT2D eigenvalue weighted by molar-refractivity contribution is 5.75. The van der Waals surface area contributed by atoms with Crippen LogP contribution in [0.4, 0.5) is 4.79 Å². The molecule has 24 heavy (non-hydrogen) atoms. The second-order valence-electron chi connectivity index (χ2n) is 6.04. The topological polar surface area (TPSA) is 78.6 Å². The molecule has 1 aliphatic carbocycles. The first-order chi connectivity index (χ1) is 11.7. The molecule has 0 radical (unpaired) electrons. The molecular weight excluding hydrogens is 306 g/mol. The zero-order valence-electron chi connectivity index (χ0n) is 13.9. The zero-order valence-corrected chi connectivity index (χ0v) is 13.9. The van der Waals surface area contributed by atoms with Crippen LogP contribution in [0.5, 0.6) is 0 Å². The van der Waals surface area contributed by atoms with Gasteiger partial charge in [-0.05, 0) is 37.3 Å². The van der Waals surface area contributed by atoms with Gasteiger partial charge in [0.05, 0.1) is 19.2 Å². The van der Waals surface area contributed by atoms with Crippen molar-refractivity contribution in [1.82, 2.24) is 15.2 Å². The van der Waals surface area contributed by atoms with Crippen molar-refractivity contribution in [2.45, 2.75) is 38.8 Å². The third kappa shape index (κ3) is 3.43. The second-order valence-corrected chi connectivity index (χ2v) is 6.04. The normalized spacial score (nSPS) is 16.5. The van der Waals surface area contributed by atoms with E-state index < -0.39 is 0 Å². The molecule has 3 rings (SSSR count). The molecule has 1 aromatic heterocycles. The van der Waals surface area contributed by atoms with Gasteiger partial charge in [0.2, 0.25) is 0 Å². The molecule has 1 aromatic carbocycles. The van der Waals surface area contributed by atoms with Crippen molar-refractivity contribution in [3.63, 3.8) is 0 Å². The molecular formula is C18H23N3O3. The molecule has 6 nitrogen and oxygen atoms in total. The third-order valence-corrected chi connectivity index (χ3v) is 4.57. The summed E-state index contributed by atoms with van der Waals surface area (Å²) in [6, 6.07) is 8.05. The van der Waals surface area contributed by atoms with E-state index in [4.69, 9.17) is 4.42 Å². The lowest BCUT2D eigenvalue weighted by molar-refractivity contribution is 0.144. The van der Waals surface area contributed by atoms with Crippen molar-refractivity contribution >= 4 is 6.03 Å². The molecule has 2 amide bonds. The van der Waals surface area contributed by atoms with E-state index in [1.165, 1.54) is 17.5 Å². The molecule has 1 heterocycles. The Bertz CT molecular complexity index is 698. The summed E-state index contributed by atoms with van der Waals surface area (Å²) in [5, 5.41) is 12.3. The van der Waals surface area contributed by atoms with Crippen molar-refractivity contribution in [3.8, 4) is 0 Å². The fourth-order valence-corrected chi connectivity index (χ4v) is 3.32. The van der Waals surface area contributed by atoms with Crippen LogP contribution in [0.1, 0.15) is 41.5 Å². The minimum atomic E-state index is -0.187. The zero-order chi connectivity index (χ0) is 16.9. The summed E-state index contributed by atoms with van der Waals surface area (Å²) in [5.74, 6) is 0.701. The number of aromatic nitrogens is 1. The molecule has 2 aromatic rings. The van der Waals surface area contributed by atoms with Crippen LogP contribution in [0.2, 0.25) is 0 Å². The Morgan fingerprint density at radius 3 is 3.04 bits per heavy atom. The van der Waals surface area contributed by atoms with Crippen LogP contribution in [0, 0.1) is 6.92 Å². The van der Waals surface area contributed by atoms with Crippen LogP contribution >= 0.6 is 0 Å². The maximum atomic E-state index is 12.7. The van der Waals surface area contributed by atoms with Crippen LogP contribution in [0.15, 0.2) is 35.1 Å². The Kier molecular flexibility index (Phi) is 5.15. The van der Waals surface area contributed by atoms with Gasteiger partial charge < -0.3 is 19.7 Å². The number of amides is 2. The Labute approximate surface area is 141 Å². The lowest BCUT2D eigenvalue weighted by Gasteiger charge is -2.35. The van der Waals surface area contributed by atoms with Crippen LogP contribution in [0.3, 0.4) is 0 Å². The average molecular weight is 329 g/mol. The van der Waals surface area contributed by atoms with Gasteiger partial charge in [-0.25, -0.2) is 9.78 Å².